The maximum atomic E-state index is 12.6. The number of alkyl halides is 3. The van der Waals surface area contributed by atoms with Crippen molar-refractivity contribution in [2.75, 3.05) is 7.11 Å². The highest BCUT2D eigenvalue weighted by Gasteiger charge is 2.34. The van der Waals surface area contributed by atoms with Crippen molar-refractivity contribution in [1.29, 1.82) is 0 Å². The first-order valence-corrected chi connectivity index (χ1v) is 5.11. The lowest BCUT2D eigenvalue weighted by molar-refractivity contribution is -0.138. The molecule has 0 amide bonds. The Labute approximate surface area is 98.7 Å². The molecule has 0 aromatic heterocycles. The second-order valence-corrected chi connectivity index (χ2v) is 3.93. The lowest BCUT2D eigenvalue weighted by Gasteiger charge is -2.14. The van der Waals surface area contributed by atoms with Crippen molar-refractivity contribution >= 4 is 22.6 Å². The van der Waals surface area contributed by atoms with Crippen LogP contribution in [0.3, 0.4) is 0 Å². The number of benzene rings is 1. The zero-order chi connectivity index (χ0) is 11.6. The SMILES string of the molecule is COc1cc(CN)c(I)c(C(F)(F)F)c1. The number of methoxy groups -OCH3 is 1. The molecule has 0 radical (unpaired) electrons. The molecular formula is C9H9F3INO. The first kappa shape index (κ1) is 12.6. The van der Waals surface area contributed by atoms with Gasteiger partial charge in [0.2, 0.25) is 0 Å². The molecule has 1 aromatic rings. The molecule has 1 rings (SSSR count). The molecule has 84 valence electrons. The lowest BCUT2D eigenvalue weighted by Crippen LogP contribution is -2.11. The maximum Gasteiger partial charge on any atom is 0.417 e. The number of ether oxygens (including phenoxy) is 1. The summed E-state index contributed by atoms with van der Waals surface area (Å²) in [6.07, 6.45) is -4.38. The van der Waals surface area contributed by atoms with Crippen molar-refractivity contribution < 1.29 is 17.9 Å². The van der Waals surface area contributed by atoms with Gasteiger partial charge in [-0.1, -0.05) is 0 Å². The predicted octanol–water partition coefficient (Wildman–Crippen LogP) is 2.78. The van der Waals surface area contributed by atoms with Crippen molar-refractivity contribution in [3.05, 3.63) is 26.8 Å². The van der Waals surface area contributed by atoms with E-state index >= 15 is 0 Å². The lowest BCUT2D eigenvalue weighted by atomic mass is 10.1. The zero-order valence-corrected chi connectivity index (χ0v) is 10.0. The minimum Gasteiger partial charge on any atom is -0.497 e. The third-order valence-corrected chi connectivity index (χ3v) is 3.16. The van der Waals surface area contributed by atoms with Crippen molar-refractivity contribution in [3.8, 4) is 5.75 Å². The van der Waals surface area contributed by atoms with Gasteiger partial charge >= 0.3 is 6.18 Å². The quantitative estimate of drug-likeness (QED) is 0.846. The van der Waals surface area contributed by atoms with Crippen LogP contribution in [0.5, 0.6) is 5.75 Å². The first-order chi connectivity index (χ1) is 6.90. The summed E-state index contributed by atoms with van der Waals surface area (Å²) >= 11 is 1.64. The van der Waals surface area contributed by atoms with Gasteiger partial charge in [-0.3, -0.25) is 0 Å². The van der Waals surface area contributed by atoms with Crippen molar-refractivity contribution in [3.63, 3.8) is 0 Å². The Morgan fingerprint density at radius 2 is 2.00 bits per heavy atom. The molecule has 0 atom stereocenters. The van der Waals surface area contributed by atoms with Crippen molar-refractivity contribution in [1.82, 2.24) is 0 Å². The maximum absolute atomic E-state index is 12.6. The van der Waals surface area contributed by atoms with Crippen LogP contribution >= 0.6 is 22.6 Å². The highest BCUT2D eigenvalue weighted by Crippen LogP contribution is 2.36. The molecule has 6 heteroatoms. The molecule has 0 bridgehead atoms. The van der Waals surface area contributed by atoms with Crippen LogP contribution < -0.4 is 10.5 Å². The number of nitrogens with two attached hydrogens (primary N) is 1. The van der Waals surface area contributed by atoms with E-state index in [1.807, 2.05) is 0 Å². The Hall–Kier alpha value is -0.500. The van der Waals surface area contributed by atoms with Crippen LogP contribution in [0.25, 0.3) is 0 Å². The smallest absolute Gasteiger partial charge is 0.417 e. The Bertz CT molecular complexity index is 365. The summed E-state index contributed by atoms with van der Waals surface area (Å²) in [5, 5.41) is 0. The van der Waals surface area contributed by atoms with Gasteiger partial charge in [-0.25, -0.2) is 0 Å². The van der Waals surface area contributed by atoms with E-state index in [-0.39, 0.29) is 15.9 Å². The predicted molar refractivity (Wildman–Crippen MR) is 58.6 cm³/mol. The van der Waals surface area contributed by atoms with E-state index in [0.717, 1.165) is 6.07 Å². The van der Waals surface area contributed by atoms with Crippen molar-refractivity contribution in [2.45, 2.75) is 12.7 Å². The highest BCUT2D eigenvalue weighted by atomic mass is 127. The molecule has 2 N–H and O–H groups in total. The van der Waals surface area contributed by atoms with Crippen LogP contribution in [0, 0.1) is 3.57 Å². The van der Waals surface area contributed by atoms with Gasteiger partial charge in [0.1, 0.15) is 5.75 Å². The van der Waals surface area contributed by atoms with E-state index in [4.69, 9.17) is 10.5 Å². The van der Waals surface area contributed by atoms with Gasteiger partial charge < -0.3 is 10.5 Å². The summed E-state index contributed by atoms with van der Waals surface area (Å²) in [4.78, 5) is 0. The van der Waals surface area contributed by atoms with E-state index in [1.54, 1.807) is 22.6 Å². The van der Waals surface area contributed by atoms with Crippen LogP contribution in [0.15, 0.2) is 12.1 Å². The molecule has 0 aliphatic heterocycles. The minimum absolute atomic E-state index is 0.0541. The molecule has 15 heavy (non-hydrogen) atoms. The van der Waals surface area contributed by atoms with E-state index in [2.05, 4.69) is 0 Å². The molecule has 0 saturated heterocycles. The van der Waals surface area contributed by atoms with E-state index in [1.165, 1.54) is 13.2 Å². The summed E-state index contributed by atoms with van der Waals surface area (Å²) in [7, 11) is 1.32. The molecule has 0 aliphatic rings. The standard InChI is InChI=1S/C9H9F3INO/c1-15-6-2-5(4-14)8(13)7(3-6)9(10,11)12/h2-3H,4,14H2,1H3. The fourth-order valence-electron chi connectivity index (χ4n) is 1.13. The van der Waals surface area contributed by atoms with Crippen LogP contribution in [0.2, 0.25) is 0 Å². The normalized spacial score (nSPS) is 11.6. The molecule has 2 nitrogen and oxygen atoms in total. The van der Waals surface area contributed by atoms with Gasteiger partial charge in [0, 0.05) is 10.1 Å². The van der Waals surface area contributed by atoms with Crippen LogP contribution in [-0.4, -0.2) is 7.11 Å². The van der Waals surface area contributed by atoms with E-state index in [9.17, 15) is 13.2 Å². The van der Waals surface area contributed by atoms with Gasteiger partial charge in [0.25, 0.3) is 0 Å². The summed E-state index contributed by atoms with van der Waals surface area (Å²) in [6, 6.07) is 2.48. The van der Waals surface area contributed by atoms with Crippen LogP contribution in [0.1, 0.15) is 11.1 Å². The van der Waals surface area contributed by atoms with E-state index in [0.29, 0.717) is 5.56 Å². The number of rotatable bonds is 2. The Morgan fingerprint density at radius 1 is 1.40 bits per heavy atom. The molecule has 0 aliphatic carbocycles. The summed E-state index contributed by atoms with van der Waals surface area (Å²) in [5.41, 5.74) is 5.09. The summed E-state index contributed by atoms with van der Waals surface area (Å²) in [5.74, 6) is 0.170. The topological polar surface area (TPSA) is 35.2 Å². The number of hydrogen-bond acceptors (Lipinski definition) is 2. The van der Waals surface area contributed by atoms with Gasteiger partial charge in [0.15, 0.2) is 0 Å². The number of hydrogen-bond donors (Lipinski definition) is 1. The second-order valence-electron chi connectivity index (χ2n) is 2.85. The summed E-state index contributed by atoms with van der Waals surface area (Å²) in [6.45, 7) is 0.0541. The molecule has 0 spiro atoms. The second kappa shape index (κ2) is 4.56. The third-order valence-electron chi connectivity index (χ3n) is 1.88. The largest absolute Gasteiger partial charge is 0.497 e. The molecule has 0 fully saturated rings. The Balaban J connectivity index is 3.37. The van der Waals surface area contributed by atoms with Gasteiger partial charge in [-0.05, 0) is 40.3 Å². The van der Waals surface area contributed by atoms with Crippen LogP contribution in [-0.2, 0) is 12.7 Å². The molecular weight excluding hydrogens is 322 g/mol. The zero-order valence-electron chi connectivity index (χ0n) is 7.86. The first-order valence-electron chi connectivity index (χ1n) is 4.03. The average Bonchev–Trinajstić information content (AvgIpc) is 2.16. The van der Waals surface area contributed by atoms with Crippen LogP contribution in [0.4, 0.5) is 13.2 Å². The minimum atomic E-state index is -4.38. The van der Waals surface area contributed by atoms with Crippen molar-refractivity contribution in [2.24, 2.45) is 5.73 Å². The average molecular weight is 331 g/mol. The highest BCUT2D eigenvalue weighted by molar-refractivity contribution is 14.1. The Kier molecular flexibility index (Phi) is 3.82. The molecule has 1 aromatic carbocycles. The van der Waals surface area contributed by atoms with Gasteiger partial charge in [-0.15, -0.1) is 0 Å². The fraction of sp³-hybridized carbons (Fsp3) is 0.333. The molecule has 0 unspecified atom stereocenters. The molecule has 0 saturated carbocycles. The third kappa shape index (κ3) is 2.75. The van der Waals surface area contributed by atoms with Gasteiger partial charge in [0.05, 0.1) is 12.7 Å². The fourth-order valence-corrected chi connectivity index (χ4v) is 1.97. The monoisotopic (exact) mass is 331 g/mol. The summed E-state index contributed by atoms with van der Waals surface area (Å²) < 4.78 is 42.7. The number of halogens is 4. The van der Waals surface area contributed by atoms with E-state index < -0.39 is 11.7 Å². The van der Waals surface area contributed by atoms with Gasteiger partial charge in [-0.2, -0.15) is 13.2 Å². The molecule has 0 heterocycles. The Morgan fingerprint density at radius 3 is 2.40 bits per heavy atom.